The minimum Gasteiger partial charge on any atom is -0.370 e. The highest BCUT2D eigenvalue weighted by Crippen LogP contribution is 2.27. The Kier molecular flexibility index (Phi) is 3.23. The second-order valence-electron chi connectivity index (χ2n) is 4.04. The van der Waals surface area contributed by atoms with Crippen LogP contribution in [0.1, 0.15) is 5.56 Å². The number of hydrogen-bond acceptors (Lipinski definition) is 2. The van der Waals surface area contributed by atoms with Crippen molar-refractivity contribution in [2.75, 3.05) is 11.9 Å². The maximum absolute atomic E-state index is 11.5. The van der Waals surface area contributed by atoms with E-state index in [4.69, 9.17) is 17.2 Å². The van der Waals surface area contributed by atoms with Crippen LogP contribution in [0.4, 0.5) is 16.2 Å². The zero-order valence-corrected chi connectivity index (χ0v) is 10.4. The molecule has 7 N–H and O–H groups in total. The number of aliphatic imine (C=N–C) groups is 2. The van der Waals surface area contributed by atoms with Gasteiger partial charge in [0.05, 0.1) is 11.4 Å². The van der Waals surface area contributed by atoms with Gasteiger partial charge in [-0.15, -0.1) is 0 Å². The first-order valence-electron chi connectivity index (χ1n) is 5.55. The number of nitrogens with two attached hydrogens (primary N) is 3. The van der Waals surface area contributed by atoms with Gasteiger partial charge in [-0.2, -0.15) is 4.99 Å². The molecule has 100 valence electrons. The summed E-state index contributed by atoms with van der Waals surface area (Å²) in [5.74, 6) is -0.167. The van der Waals surface area contributed by atoms with Crippen LogP contribution in [0.25, 0.3) is 0 Å². The third-order valence-electron chi connectivity index (χ3n) is 2.65. The number of amides is 2. The van der Waals surface area contributed by atoms with Crippen molar-refractivity contribution >= 4 is 29.3 Å². The van der Waals surface area contributed by atoms with Gasteiger partial charge in [-0.3, -0.25) is 4.90 Å². The highest BCUT2D eigenvalue weighted by atomic mass is 16.2. The quantitative estimate of drug-likeness (QED) is 0.402. The van der Waals surface area contributed by atoms with Gasteiger partial charge in [0.1, 0.15) is 0 Å². The first-order valence-corrected chi connectivity index (χ1v) is 5.55. The zero-order valence-electron chi connectivity index (χ0n) is 10.4. The first kappa shape index (κ1) is 12.7. The Morgan fingerprint density at radius 1 is 1.37 bits per heavy atom. The van der Waals surface area contributed by atoms with Crippen LogP contribution < -0.4 is 27.4 Å². The van der Waals surface area contributed by atoms with Gasteiger partial charge in [-0.25, -0.2) is 9.79 Å². The molecule has 0 unspecified atom stereocenters. The van der Waals surface area contributed by atoms with E-state index in [1.807, 2.05) is 6.07 Å². The van der Waals surface area contributed by atoms with E-state index in [-0.39, 0.29) is 18.0 Å². The van der Waals surface area contributed by atoms with E-state index < -0.39 is 0 Å². The summed E-state index contributed by atoms with van der Waals surface area (Å²) in [5.41, 5.74) is 18.4. The van der Waals surface area contributed by atoms with Gasteiger partial charge >= 0.3 is 6.03 Å². The second-order valence-corrected chi connectivity index (χ2v) is 4.04. The topological polar surface area (TPSA) is 135 Å². The van der Waals surface area contributed by atoms with Crippen molar-refractivity contribution in [2.24, 2.45) is 27.2 Å². The number of benzene rings is 1. The summed E-state index contributed by atoms with van der Waals surface area (Å²) in [6, 6.07) is 5.22. The lowest BCUT2D eigenvalue weighted by molar-refractivity contribution is 0.246. The molecule has 1 aromatic rings. The summed E-state index contributed by atoms with van der Waals surface area (Å²) in [5, 5.41) is 2.74. The van der Waals surface area contributed by atoms with Crippen LogP contribution in [-0.4, -0.2) is 25.0 Å². The molecule has 8 nitrogen and oxygen atoms in total. The molecule has 1 aliphatic heterocycles. The van der Waals surface area contributed by atoms with Crippen LogP contribution in [0.2, 0.25) is 0 Å². The van der Waals surface area contributed by atoms with Gasteiger partial charge in [0.15, 0.2) is 5.96 Å². The molecule has 1 heterocycles. The van der Waals surface area contributed by atoms with Crippen molar-refractivity contribution in [2.45, 2.75) is 6.54 Å². The molecule has 0 atom stereocenters. The number of hydrogen-bond donors (Lipinski definition) is 4. The van der Waals surface area contributed by atoms with Crippen LogP contribution >= 0.6 is 0 Å². The van der Waals surface area contributed by atoms with Crippen molar-refractivity contribution < 1.29 is 4.79 Å². The molecule has 0 aromatic heterocycles. The van der Waals surface area contributed by atoms with Gasteiger partial charge in [-0.1, -0.05) is 0 Å². The van der Waals surface area contributed by atoms with Crippen molar-refractivity contribution in [1.82, 2.24) is 5.32 Å². The molecular weight excluding hydrogens is 246 g/mol. The fraction of sp³-hybridized carbons (Fsp3) is 0.182. The molecule has 0 saturated carbocycles. The van der Waals surface area contributed by atoms with Gasteiger partial charge in [0, 0.05) is 13.6 Å². The highest BCUT2D eigenvalue weighted by Gasteiger charge is 2.19. The number of urea groups is 1. The molecule has 0 radical (unpaired) electrons. The van der Waals surface area contributed by atoms with Gasteiger partial charge in [0.2, 0.25) is 5.96 Å². The molecule has 0 bridgehead atoms. The molecule has 0 aliphatic carbocycles. The monoisotopic (exact) mass is 261 g/mol. The minimum atomic E-state index is -0.147. The molecule has 0 fully saturated rings. The first-order chi connectivity index (χ1) is 8.97. The van der Waals surface area contributed by atoms with Crippen LogP contribution in [0.5, 0.6) is 0 Å². The van der Waals surface area contributed by atoms with Crippen LogP contribution in [0.15, 0.2) is 28.2 Å². The minimum absolute atomic E-state index is 0.0202. The van der Waals surface area contributed by atoms with Crippen LogP contribution in [0.3, 0.4) is 0 Å². The number of carbonyl (C=O) groups is 1. The number of fused-ring (bicyclic) bond motifs is 1. The lowest BCUT2D eigenvalue weighted by atomic mass is 10.1. The molecule has 0 saturated heterocycles. The fourth-order valence-corrected chi connectivity index (χ4v) is 1.80. The van der Waals surface area contributed by atoms with E-state index in [0.29, 0.717) is 12.2 Å². The summed E-state index contributed by atoms with van der Waals surface area (Å²) in [4.78, 5) is 20.7. The van der Waals surface area contributed by atoms with Crippen molar-refractivity contribution in [3.63, 3.8) is 0 Å². The van der Waals surface area contributed by atoms with Crippen LogP contribution in [0, 0.1) is 0 Å². The van der Waals surface area contributed by atoms with Crippen molar-refractivity contribution in [3.05, 3.63) is 23.8 Å². The smallest absolute Gasteiger partial charge is 0.321 e. The van der Waals surface area contributed by atoms with E-state index in [1.54, 1.807) is 19.2 Å². The van der Waals surface area contributed by atoms with E-state index in [9.17, 15) is 4.79 Å². The zero-order chi connectivity index (χ0) is 14.0. The number of rotatable bonds is 1. The summed E-state index contributed by atoms with van der Waals surface area (Å²) in [7, 11) is 1.70. The maximum atomic E-state index is 11.5. The largest absolute Gasteiger partial charge is 0.370 e. The SMILES string of the molecule is CN1C(=O)NCc2cc(N=C(N)N=C(N)N)ccc21. The maximum Gasteiger partial charge on any atom is 0.321 e. The number of guanidine groups is 2. The number of anilines is 1. The Balaban J connectivity index is 2.32. The third-order valence-corrected chi connectivity index (χ3v) is 2.65. The Morgan fingerprint density at radius 2 is 2.11 bits per heavy atom. The molecular formula is C11H15N7O. The lowest BCUT2D eigenvalue weighted by Gasteiger charge is -2.26. The number of nitrogens with zero attached hydrogens (tertiary/aromatic N) is 3. The van der Waals surface area contributed by atoms with Gasteiger partial charge < -0.3 is 22.5 Å². The number of nitrogens with one attached hydrogen (secondary N) is 1. The molecule has 1 aliphatic rings. The second kappa shape index (κ2) is 4.84. The highest BCUT2D eigenvalue weighted by molar-refractivity contribution is 5.95. The average molecular weight is 261 g/mol. The summed E-state index contributed by atoms with van der Waals surface area (Å²) in [6.07, 6.45) is 0. The molecule has 1 aromatic carbocycles. The Morgan fingerprint density at radius 3 is 2.79 bits per heavy atom. The Labute approximate surface area is 110 Å². The van der Waals surface area contributed by atoms with Gasteiger partial charge in [-0.05, 0) is 23.8 Å². The summed E-state index contributed by atoms with van der Waals surface area (Å²) in [6.45, 7) is 0.448. The van der Waals surface area contributed by atoms with Gasteiger partial charge in [0.25, 0.3) is 0 Å². The molecule has 8 heteroatoms. The number of carbonyl (C=O) groups excluding carboxylic acids is 1. The Hall–Kier alpha value is -2.77. The van der Waals surface area contributed by atoms with E-state index in [2.05, 4.69) is 15.3 Å². The predicted octanol–water partition coefficient (Wildman–Crippen LogP) is -0.434. The third kappa shape index (κ3) is 2.73. The fourth-order valence-electron chi connectivity index (χ4n) is 1.80. The molecule has 2 rings (SSSR count). The molecule has 2 amide bonds. The van der Waals surface area contributed by atoms with E-state index in [0.717, 1.165) is 11.3 Å². The summed E-state index contributed by atoms with van der Waals surface area (Å²) >= 11 is 0. The standard InChI is InChI=1S/C11H15N7O/c1-18-8-3-2-7(16-10(14)17-9(12)13)4-6(8)5-15-11(18)19/h2-4H,5H2,1H3,(H,15,19)(H6,12,13,14,16,17). The average Bonchev–Trinajstić information content (AvgIpc) is 2.33. The normalized spacial score (nSPS) is 14.7. The molecule has 0 spiro atoms. The van der Waals surface area contributed by atoms with Crippen LogP contribution in [-0.2, 0) is 6.54 Å². The van der Waals surface area contributed by atoms with E-state index >= 15 is 0 Å². The van der Waals surface area contributed by atoms with Crippen molar-refractivity contribution in [3.8, 4) is 0 Å². The van der Waals surface area contributed by atoms with E-state index in [1.165, 1.54) is 4.90 Å². The molecule has 19 heavy (non-hydrogen) atoms. The summed E-state index contributed by atoms with van der Waals surface area (Å²) < 4.78 is 0. The Bertz CT molecular complexity index is 574. The van der Waals surface area contributed by atoms with Crippen molar-refractivity contribution in [1.29, 1.82) is 0 Å². The lowest BCUT2D eigenvalue weighted by Crippen LogP contribution is -2.41. The predicted molar refractivity (Wildman–Crippen MR) is 74.2 cm³/mol.